The van der Waals surface area contributed by atoms with Gasteiger partial charge in [0.05, 0.1) is 6.04 Å². The van der Waals surface area contributed by atoms with E-state index in [0.717, 1.165) is 13.0 Å². The molecule has 2 aromatic rings. The van der Waals surface area contributed by atoms with E-state index >= 15 is 0 Å². The fourth-order valence-electron chi connectivity index (χ4n) is 1.89. The van der Waals surface area contributed by atoms with Crippen LogP contribution in [0.2, 0.25) is 0 Å². The molecular formula is C13H17N5O2. The normalized spacial score (nSPS) is 12.1. The standard InChI is InChI=1S/C13H17N5O2/c1-3-7-18-12(15-8-16-18)9(2)17-13(20)11-10(19)5-4-6-14-11/h4-6,8-9,19H,3,7H2,1-2H3,(H,17,20). The average Bonchev–Trinajstić information content (AvgIpc) is 2.88. The van der Waals surface area contributed by atoms with Gasteiger partial charge in [0.15, 0.2) is 5.69 Å². The molecule has 2 N–H and O–H groups in total. The van der Waals surface area contributed by atoms with Gasteiger partial charge in [-0.2, -0.15) is 5.10 Å². The number of nitrogens with one attached hydrogen (secondary N) is 1. The summed E-state index contributed by atoms with van der Waals surface area (Å²) in [6, 6.07) is 2.66. The summed E-state index contributed by atoms with van der Waals surface area (Å²) in [5.74, 6) is 0.0875. The lowest BCUT2D eigenvalue weighted by Crippen LogP contribution is -2.29. The van der Waals surface area contributed by atoms with Crippen LogP contribution in [0.5, 0.6) is 5.75 Å². The summed E-state index contributed by atoms with van der Waals surface area (Å²) in [5.41, 5.74) is 0.000840. The van der Waals surface area contributed by atoms with Crippen LogP contribution in [-0.4, -0.2) is 30.8 Å². The van der Waals surface area contributed by atoms with Gasteiger partial charge in [-0.25, -0.2) is 14.6 Å². The number of rotatable bonds is 5. The maximum atomic E-state index is 12.0. The van der Waals surface area contributed by atoms with Crippen molar-refractivity contribution in [2.75, 3.05) is 0 Å². The summed E-state index contributed by atoms with van der Waals surface area (Å²) in [6.07, 6.45) is 3.85. The van der Waals surface area contributed by atoms with Crippen molar-refractivity contribution >= 4 is 5.91 Å². The summed E-state index contributed by atoms with van der Waals surface area (Å²) in [6.45, 7) is 4.60. The summed E-state index contributed by atoms with van der Waals surface area (Å²) in [4.78, 5) is 20.1. The van der Waals surface area contributed by atoms with Gasteiger partial charge in [-0.15, -0.1) is 0 Å². The number of carbonyl (C=O) groups excluding carboxylic acids is 1. The third-order valence-corrected chi connectivity index (χ3v) is 2.82. The number of aromatic hydroxyl groups is 1. The van der Waals surface area contributed by atoms with Gasteiger partial charge in [-0.1, -0.05) is 6.92 Å². The third kappa shape index (κ3) is 2.93. The number of pyridine rings is 1. The Morgan fingerprint density at radius 1 is 1.50 bits per heavy atom. The van der Waals surface area contributed by atoms with Gasteiger partial charge in [-0.05, 0) is 25.5 Å². The molecule has 0 aliphatic rings. The third-order valence-electron chi connectivity index (χ3n) is 2.82. The van der Waals surface area contributed by atoms with Gasteiger partial charge in [0, 0.05) is 12.7 Å². The number of aryl methyl sites for hydroxylation is 1. The minimum Gasteiger partial charge on any atom is -0.505 e. The summed E-state index contributed by atoms with van der Waals surface area (Å²) in [7, 11) is 0. The van der Waals surface area contributed by atoms with Crippen molar-refractivity contribution in [3.05, 3.63) is 36.2 Å². The van der Waals surface area contributed by atoms with Gasteiger partial charge < -0.3 is 10.4 Å². The van der Waals surface area contributed by atoms with Gasteiger partial charge in [-0.3, -0.25) is 4.79 Å². The Morgan fingerprint density at radius 3 is 3.00 bits per heavy atom. The molecule has 20 heavy (non-hydrogen) atoms. The number of nitrogens with zero attached hydrogens (tertiary/aromatic N) is 4. The number of hydrogen-bond donors (Lipinski definition) is 2. The summed E-state index contributed by atoms with van der Waals surface area (Å²) in [5, 5.41) is 16.5. The van der Waals surface area contributed by atoms with Crippen LogP contribution in [0, 0.1) is 0 Å². The van der Waals surface area contributed by atoms with Crippen molar-refractivity contribution in [1.29, 1.82) is 0 Å². The first kappa shape index (κ1) is 14.0. The molecule has 0 saturated heterocycles. The monoisotopic (exact) mass is 275 g/mol. The van der Waals surface area contributed by atoms with Gasteiger partial charge in [0.25, 0.3) is 5.91 Å². The second-order valence-electron chi connectivity index (χ2n) is 4.41. The molecule has 7 nitrogen and oxygen atoms in total. The number of amides is 1. The van der Waals surface area contributed by atoms with E-state index in [2.05, 4.69) is 20.4 Å². The zero-order valence-corrected chi connectivity index (χ0v) is 11.4. The van der Waals surface area contributed by atoms with Crippen molar-refractivity contribution in [1.82, 2.24) is 25.1 Å². The molecular weight excluding hydrogens is 258 g/mol. The highest BCUT2D eigenvalue weighted by molar-refractivity contribution is 5.94. The Kier molecular flexibility index (Phi) is 4.29. The zero-order chi connectivity index (χ0) is 14.5. The number of aromatic nitrogens is 4. The Hall–Kier alpha value is -2.44. The van der Waals surface area contributed by atoms with Crippen LogP contribution in [0.3, 0.4) is 0 Å². The predicted octanol–water partition coefficient (Wildman–Crippen LogP) is 1.28. The van der Waals surface area contributed by atoms with Gasteiger partial charge in [0.2, 0.25) is 0 Å². The average molecular weight is 275 g/mol. The van der Waals surface area contributed by atoms with E-state index in [0.29, 0.717) is 5.82 Å². The fraction of sp³-hybridized carbons (Fsp3) is 0.385. The van der Waals surface area contributed by atoms with E-state index in [1.54, 1.807) is 10.7 Å². The van der Waals surface area contributed by atoms with Crippen LogP contribution in [0.15, 0.2) is 24.7 Å². The first-order valence-corrected chi connectivity index (χ1v) is 6.46. The summed E-state index contributed by atoms with van der Waals surface area (Å²) >= 11 is 0. The molecule has 2 heterocycles. The molecule has 0 saturated carbocycles. The van der Waals surface area contributed by atoms with E-state index in [1.807, 2.05) is 13.8 Å². The number of hydrogen-bond acceptors (Lipinski definition) is 5. The largest absolute Gasteiger partial charge is 0.505 e. The highest BCUT2D eigenvalue weighted by Crippen LogP contribution is 2.15. The lowest BCUT2D eigenvalue weighted by molar-refractivity contribution is 0.0929. The molecule has 0 aliphatic heterocycles. The molecule has 1 amide bonds. The minimum atomic E-state index is -0.443. The lowest BCUT2D eigenvalue weighted by atomic mass is 10.2. The first-order valence-electron chi connectivity index (χ1n) is 6.46. The van der Waals surface area contributed by atoms with Crippen LogP contribution in [-0.2, 0) is 6.54 Å². The molecule has 0 aliphatic carbocycles. The van der Waals surface area contributed by atoms with E-state index in [9.17, 15) is 9.90 Å². The Bertz CT molecular complexity index is 596. The van der Waals surface area contributed by atoms with E-state index < -0.39 is 5.91 Å². The second-order valence-corrected chi connectivity index (χ2v) is 4.41. The van der Waals surface area contributed by atoms with Crippen LogP contribution in [0.4, 0.5) is 0 Å². The maximum absolute atomic E-state index is 12.0. The smallest absolute Gasteiger partial charge is 0.274 e. The Labute approximate surface area is 116 Å². The molecule has 2 rings (SSSR count). The quantitative estimate of drug-likeness (QED) is 0.857. The van der Waals surface area contributed by atoms with Gasteiger partial charge in [0.1, 0.15) is 17.9 Å². The second kappa shape index (κ2) is 6.14. The maximum Gasteiger partial charge on any atom is 0.274 e. The van der Waals surface area contributed by atoms with Crippen LogP contribution in [0.25, 0.3) is 0 Å². The molecule has 0 fully saturated rings. The molecule has 106 valence electrons. The molecule has 0 aromatic carbocycles. The summed E-state index contributed by atoms with van der Waals surface area (Å²) < 4.78 is 1.75. The molecule has 2 aromatic heterocycles. The highest BCUT2D eigenvalue weighted by atomic mass is 16.3. The van der Waals surface area contributed by atoms with E-state index in [1.165, 1.54) is 18.6 Å². The van der Waals surface area contributed by atoms with Gasteiger partial charge >= 0.3 is 0 Å². The van der Waals surface area contributed by atoms with Crippen molar-refractivity contribution in [3.63, 3.8) is 0 Å². The number of carbonyl (C=O) groups is 1. The lowest BCUT2D eigenvalue weighted by Gasteiger charge is -2.14. The molecule has 0 spiro atoms. The van der Waals surface area contributed by atoms with Crippen LogP contribution in [0.1, 0.15) is 42.6 Å². The van der Waals surface area contributed by atoms with Crippen LogP contribution < -0.4 is 5.32 Å². The topological polar surface area (TPSA) is 92.9 Å². The Morgan fingerprint density at radius 2 is 2.30 bits per heavy atom. The molecule has 7 heteroatoms. The SMILES string of the molecule is CCCn1ncnc1C(C)NC(=O)c1ncccc1O. The zero-order valence-electron chi connectivity index (χ0n) is 11.4. The first-order chi connectivity index (χ1) is 9.63. The molecule has 0 radical (unpaired) electrons. The molecule has 1 atom stereocenters. The van der Waals surface area contributed by atoms with Crippen molar-refractivity contribution in [2.24, 2.45) is 0 Å². The molecule has 1 unspecified atom stereocenters. The van der Waals surface area contributed by atoms with Crippen LogP contribution >= 0.6 is 0 Å². The predicted molar refractivity (Wildman–Crippen MR) is 72.1 cm³/mol. The minimum absolute atomic E-state index is 0.000840. The van der Waals surface area contributed by atoms with Crippen molar-refractivity contribution in [3.8, 4) is 5.75 Å². The van der Waals surface area contributed by atoms with E-state index in [-0.39, 0.29) is 17.5 Å². The van der Waals surface area contributed by atoms with Crippen molar-refractivity contribution < 1.29 is 9.90 Å². The highest BCUT2D eigenvalue weighted by Gasteiger charge is 2.19. The fourth-order valence-corrected chi connectivity index (χ4v) is 1.89. The van der Waals surface area contributed by atoms with Crippen molar-refractivity contribution in [2.45, 2.75) is 32.9 Å². The Balaban J connectivity index is 2.11. The molecule has 0 bridgehead atoms. The van der Waals surface area contributed by atoms with E-state index in [4.69, 9.17) is 0 Å².